The van der Waals surface area contributed by atoms with Crippen molar-refractivity contribution in [2.24, 2.45) is 0 Å². The van der Waals surface area contributed by atoms with Crippen LogP contribution in [-0.4, -0.2) is 39.1 Å². The van der Waals surface area contributed by atoms with E-state index in [9.17, 15) is 14.4 Å². The molecule has 0 spiro atoms. The minimum atomic E-state index is -0.693. The number of hydrogen-bond donors (Lipinski definition) is 2. The fraction of sp³-hybridized carbons (Fsp3) is 0.318. The van der Waals surface area contributed by atoms with Crippen molar-refractivity contribution in [2.75, 3.05) is 6.61 Å². The molecule has 0 aliphatic heterocycles. The number of ether oxygens (including phenoxy) is 1. The van der Waals surface area contributed by atoms with Crippen molar-refractivity contribution >= 4 is 23.6 Å². The van der Waals surface area contributed by atoms with Crippen LogP contribution in [-0.2, 0) is 27.3 Å². The van der Waals surface area contributed by atoms with Gasteiger partial charge in [-0.25, -0.2) is 14.3 Å². The highest BCUT2D eigenvalue weighted by molar-refractivity contribution is 5.95. The Kier molecular flexibility index (Phi) is 6.96. The van der Waals surface area contributed by atoms with Gasteiger partial charge in [-0.15, -0.1) is 0 Å². The Labute approximate surface area is 179 Å². The third-order valence-electron chi connectivity index (χ3n) is 4.78. The molecule has 31 heavy (non-hydrogen) atoms. The van der Waals surface area contributed by atoms with Crippen molar-refractivity contribution in [1.29, 1.82) is 0 Å². The van der Waals surface area contributed by atoms with E-state index < -0.39 is 24.5 Å². The molecule has 3 amide bonds. The van der Waals surface area contributed by atoms with E-state index in [1.807, 2.05) is 57.2 Å². The van der Waals surface area contributed by atoms with E-state index in [-0.39, 0.29) is 13.0 Å². The van der Waals surface area contributed by atoms with Crippen LogP contribution >= 0.6 is 0 Å². The first-order valence-electron chi connectivity index (χ1n) is 9.93. The number of aromatic nitrogens is 3. The van der Waals surface area contributed by atoms with Gasteiger partial charge in [-0.2, -0.15) is 5.10 Å². The van der Waals surface area contributed by atoms with Crippen molar-refractivity contribution in [3.63, 3.8) is 0 Å². The standard InChI is InChI=1S/C22H25N5O4/c1-14-11-19-24-15(2)18(16(3)27(19)26-14)9-10-21(29)31-13-20(28)25-22(30)23-12-17-7-5-4-6-8-17/h4-8,11H,9-10,12-13H2,1-3H3,(H2,23,25,28,30). The van der Waals surface area contributed by atoms with Crippen molar-refractivity contribution < 1.29 is 19.1 Å². The van der Waals surface area contributed by atoms with Gasteiger partial charge in [0, 0.05) is 30.4 Å². The number of nitrogens with one attached hydrogen (secondary N) is 2. The minimum Gasteiger partial charge on any atom is -0.456 e. The third kappa shape index (κ3) is 5.88. The second-order valence-electron chi connectivity index (χ2n) is 7.19. The first-order valence-corrected chi connectivity index (χ1v) is 9.93. The summed E-state index contributed by atoms with van der Waals surface area (Å²) in [5.41, 5.74) is 5.19. The molecule has 0 aliphatic rings. The Hall–Kier alpha value is -3.75. The van der Waals surface area contributed by atoms with E-state index in [4.69, 9.17) is 4.74 Å². The lowest BCUT2D eigenvalue weighted by molar-refractivity contribution is -0.148. The number of amides is 3. The molecule has 2 aromatic heterocycles. The zero-order valence-corrected chi connectivity index (χ0v) is 17.8. The molecule has 9 heteroatoms. The molecule has 0 saturated heterocycles. The second kappa shape index (κ2) is 9.84. The maximum Gasteiger partial charge on any atom is 0.321 e. The minimum absolute atomic E-state index is 0.0859. The van der Waals surface area contributed by atoms with Crippen molar-refractivity contribution in [3.05, 3.63) is 64.6 Å². The van der Waals surface area contributed by atoms with Gasteiger partial charge in [0.05, 0.1) is 5.69 Å². The molecule has 9 nitrogen and oxygen atoms in total. The summed E-state index contributed by atoms with van der Waals surface area (Å²) in [6, 6.07) is 10.5. The monoisotopic (exact) mass is 423 g/mol. The number of nitrogens with zero attached hydrogens (tertiary/aromatic N) is 3. The molecule has 2 heterocycles. The van der Waals surface area contributed by atoms with Gasteiger partial charge in [-0.3, -0.25) is 14.9 Å². The normalized spacial score (nSPS) is 10.7. The molecule has 162 valence electrons. The smallest absolute Gasteiger partial charge is 0.321 e. The van der Waals surface area contributed by atoms with Crippen LogP contribution in [0.4, 0.5) is 4.79 Å². The summed E-state index contributed by atoms with van der Waals surface area (Å²) < 4.78 is 6.74. The number of urea groups is 1. The van der Waals surface area contributed by atoms with E-state index in [1.54, 1.807) is 4.52 Å². The number of fused-ring (bicyclic) bond motifs is 1. The van der Waals surface area contributed by atoms with Crippen LogP contribution < -0.4 is 10.6 Å². The maximum atomic E-state index is 12.1. The number of carbonyl (C=O) groups is 3. The molecule has 0 saturated carbocycles. The van der Waals surface area contributed by atoms with E-state index >= 15 is 0 Å². The molecule has 3 rings (SSSR count). The number of benzene rings is 1. The van der Waals surface area contributed by atoms with Crippen molar-refractivity contribution in [1.82, 2.24) is 25.2 Å². The van der Waals surface area contributed by atoms with Crippen LogP contribution in [0.1, 0.15) is 34.6 Å². The molecular weight excluding hydrogens is 398 g/mol. The zero-order chi connectivity index (χ0) is 22.4. The molecular formula is C22H25N5O4. The van der Waals surface area contributed by atoms with Gasteiger partial charge in [0.2, 0.25) is 0 Å². The highest BCUT2D eigenvalue weighted by atomic mass is 16.5. The lowest BCUT2D eigenvalue weighted by Gasteiger charge is -2.11. The first-order chi connectivity index (χ1) is 14.8. The summed E-state index contributed by atoms with van der Waals surface area (Å²) in [4.78, 5) is 40.2. The van der Waals surface area contributed by atoms with E-state index in [0.29, 0.717) is 6.42 Å². The lowest BCUT2D eigenvalue weighted by atomic mass is 10.1. The van der Waals surface area contributed by atoms with Crippen molar-refractivity contribution in [3.8, 4) is 0 Å². The summed E-state index contributed by atoms with van der Waals surface area (Å²) in [6.45, 7) is 5.47. The van der Waals surface area contributed by atoms with Crippen LogP contribution in [0.2, 0.25) is 0 Å². The van der Waals surface area contributed by atoms with Gasteiger partial charge in [0.1, 0.15) is 0 Å². The van der Waals surface area contributed by atoms with Crippen LogP contribution in [0.5, 0.6) is 0 Å². The number of carbonyl (C=O) groups excluding carboxylic acids is 3. The largest absolute Gasteiger partial charge is 0.456 e. The summed E-state index contributed by atoms with van der Waals surface area (Å²) in [5, 5.41) is 9.11. The van der Waals surface area contributed by atoms with Crippen LogP contribution in [0.25, 0.3) is 5.65 Å². The Morgan fingerprint density at radius 1 is 1.10 bits per heavy atom. The number of aryl methyl sites for hydroxylation is 3. The Morgan fingerprint density at radius 3 is 2.58 bits per heavy atom. The zero-order valence-electron chi connectivity index (χ0n) is 17.8. The average Bonchev–Trinajstić information content (AvgIpc) is 3.11. The molecule has 0 unspecified atom stereocenters. The average molecular weight is 423 g/mol. The highest BCUT2D eigenvalue weighted by Gasteiger charge is 2.15. The third-order valence-corrected chi connectivity index (χ3v) is 4.78. The lowest BCUT2D eigenvalue weighted by Crippen LogP contribution is -2.41. The highest BCUT2D eigenvalue weighted by Crippen LogP contribution is 2.17. The summed E-state index contributed by atoms with van der Waals surface area (Å²) >= 11 is 0. The van der Waals surface area contributed by atoms with Gasteiger partial charge in [-0.1, -0.05) is 30.3 Å². The second-order valence-corrected chi connectivity index (χ2v) is 7.19. The SMILES string of the molecule is Cc1cc2nc(C)c(CCC(=O)OCC(=O)NC(=O)NCc3ccccc3)c(C)n2n1. The van der Waals surface area contributed by atoms with E-state index in [2.05, 4.69) is 20.7 Å². The predicted octanol–water partition coefficient (Wildman–Crippen LogP) is 2.16. The molecule has 1 aromatic carbocycles. The topological polar surface area (TPSA) is 115 Å². The molecule has 3 aromatic rings. The molecule has 2 N–H and O–H groups in total. The van der Waals surface area contributed by atoms with Gasteiger partial charge < -0.3 is 10.1 Å². The summed E-state index contributed by atoms with van der Waals surface area (Å²) in [5.74, 6) is -1.23. The van der Waals surface area contributed by atoms with E-state index in [1.165, 1.54) is 0 Å². The molecule has 0 aliphatic carbocycles. The molecule has 0 bridgehead atoms. The number of imide groups is 1. The quantitative estimate of drug-likeness (QED) is 0.563. The predicted molar refractivity (Wildman–Crippen MR) is 113 cm³/mol. The number of esters is 1. The number of hydrogen-bond acceptors (Lipinski definition) is 6. The Bertz CT molecular complexity index is 1110. The first kappa shape index (κ1) is 21.9. The van der Waals surface area contributed by atoms with E-state index in [0.717, 1.165) is 33.9 Å². The Morgan fingerprint density at radius 2 is 1.84 bits per heavy atom. The fourth-order valence-corrected chi connectivity index (χ4v) is 3.23. The Balaban J connectivity index is 1.43. The van der Waals surface area contributed by atoms with Gasteiger partial charge in [0.25, 0.3) is 5.91 Å². The fourth-order valence-electron chi connectivity index (χ4n) is 3.23. The van der Waals surface area contributed by atoms with Crippen LogP contribution in [0.15, 0.2) is 36.4 Å². The molecule has 0 radical (unpaired) electrons. The molecule has 0 fully saturated rings. The van der Waals surface area contributed by atoms with Crippen LogP contribution in [0.3, 0.4) is 0 Å². The number of rotatable bonds is 7. The summed E-state index contributed by atoms with van der Waals surface area (Å²) in [7, 11) is 0. The maximum absolute atomic E-state index is 12.1. The van der Waals surface area contributed by atoms with Crippen molar-refractivity contribution in [2.45, 2.75) is 40.2 Å². The van der Waals surface area contributed by atoms with Crippen LogP contribution in [0, 0.1) is 20.8 Å². The van der Waals surface area contributed by atoms with Gasteiger partial charge >= 0.3 is 12.0 Å². The summed E-state index contributed by atoms with van der Waals surface area (Å²) in [6.07, 6.45) is 0.500. The molecule has 0 atom stereocenters. The van der Waals surface area contributed by atoms with Gasteiger partial charge in [-0.05, 0) is 38.3 Å². The van der Waals surface area contributed by atoms with Gasteiger partial charge in [0.15, 0.2) is 12.3 Å².